The van der Waals surface area contributed by atoms with Crippen LogP contribution in [0.2, 0.25) is 0 Å². The van der Waals surface area contributed by atoms with E-state index in [9.17, 15) is 0 Å². The predicted molar refractivity (Wildman–Crippen MR) is 72.7 cm³/mol. The first kappa shape index (κ1) is 12.1. The van der Waals surface area contributed by atoms with Gasteiger partial charge in [0.05, 0.1) is 11.9 Å². The SMILES string of the molecule is CCCc1ccc(Nc2ccc(C#N)nc2)cc1. The average molecular weight is 237 g/mol. The van der Waals surface area contributed by atoms with Crippen LogP contribution in [-0.4, -0.2) is 4.98 Å². The molecule has 3 heteroatoms. The fourth-order valence-electron chi connectivity index (χ4n) is 1.74. The topological polar surface area (TPSA) is 48.7 Å². The van der Waals surface area contributed by atoms with Gasteiger partial charge in [-0.25, -0.2) is 4.98 Å². The Labute approximate surface area is 107 Å². The number of nitriles is 1. The van der Waals surface area contributed by atoms with Crippen molar-refractivity contribution in [3.05, 3.63) is 53.9 Å². The second-order valence-electron chi connectivity index (χ2n) is 4.12. The van der Waals surface area contributed by atoms with E-state index in [1.165, 1.54) is 5.56 Å². The molecule has 0 aliphatic carbocycles. The van der Waals surface area contributed by atoms with Crippen LogP contribution in [-0.2, 0) is 6.42 Å². The number of pyridine rings is 1. The van der Waals surface area contributed by atoms with E-state index < -0.39 is 0 Å². The molecule has 0 unspecified atom stereocenters. The summed E-state index contributed by atoms with van der Waals surface area (Å²) in [6.07, 6.45) is 3.93. The lowest BCUT2D eigenvalue weighted by Crippen LogP contribution is -1.92. The highest BCUT2D eigenvalue weighted by Crippen LogP contribution is 2.17. The van der Waals surface area contributed by atoms with Crippen molar-refractivity contribution in [1.82, 2.24) is 4.98 Å². The molecule has 2 aromatic rings. The smallest absolute Gasteiger partial charge is 0.140 e. The first-order valence-electron chi connectivity index (χ1n) is 6.04. The third-order valence-electron chi connectivity index (χ3n) is 2.66. The quantitative estimate of drug-likeness (QED) is 0.883. The summed E-state index contributed by atoms with van der Waals surface area (Å²) in [5.74, 6) is 0. The van der Waals surface area contributed by atoms with Gasteiger partial charge in [0.1, 0.15) is 11.8 Å². The molecule has 18 heavy (non-hydrogen) atoms. The Bertz CT molecular complexity index is 535. The molecule has 0 atom stereocenters. The summed E-state index contributed by atoms with van der Waals surface area (Å²) in [6, 6.07) is 13.9. The van der Waals surface area contributed by atoms with Crippen molar-refractivity contribution >= 4 is 11.4 Å². The minimum absolute atomic E-state index is 0.429. The molecular formula is C15H15N3. The fraction of sp³-hybridized carbons (Fsp3) is 0.200. The van der Waals surface area contributed by atoms with Gasteiger partial charge >= 0.3 is 0 Å². The maximum Gasteiger partial charge on any atom is 0.140 e. The van der Waals surface area contributed by atoms with Crippen molar-refractivity contribution in [1.29, 1.82) is 5.26 Å². The lowest BCUT2D eigenvalue weighted by molar-refractivity contribution is 0.922. The zero-order chi connectivity index (χ0) is 12.8. The number of anilines is 2. The van der Waals surface area contributed by atoms with Crippen LogP contribution < -0.4 is 5.32 Å². The molecule has 0 saturated heterocycles. The van der Waals surface area contributed by atoms with E-state index in [0.717, 1.165) is 24.2 Å². The molecule has 0 spiro atoms. The van der Waals surface area contributed by atoms with Crippen molar-refractivity contribution in [2.75, 3.05) is 5.32 Å². The molecule has 0 radical (unpaired) electrons. The van der Waals surface area contributed by atoms with Crippen LogP contribution in [0.5, 0.6) is 0 Å². The van der Waals surface area contributed by atoms with E-state index in [1.807, 2.05) is 12.1 Å². The number of hydrogen-bond acceptors (Lipinski definition) is 3. The zero-order valence-corrected chi connectivity index (χ0v) is 10.4. The summed E-state index contributed by atoms with van der Waals surface area (Å²) < 4.78 is 0. The summed E-state index contributed by atoms with van der Waals surface area (Å²) in [6.45, 7) is 2.18. The van der Waals surface area contributed by atoms with E-state index in [1.54, 1.807) is 12.3 Å². The highest BCUT2D eigenvalue weighted by atomic mass is 14.9. The molecule has 3 nitrogen and oxygen atoms in total. The van der Waals surface area contributed by atoms with Crippen LogP contribution in [0.1, 0.15) is 24.6 Å². The molecule has 0 aliphatic heterocycles. The number of benzene rings is 1. The number of hydrogen-bond donors (Lipinski definition) is 1. The van der Waals surface area contributed by atoms with Gasteiger partial charge in [-0.1, -0.05) is 25.5 Å². The number of rotatable bonds is 4. The van der Waals surface area contributed by atoms with Crippen LogP contribution in [0.4, 0.5) is 11.4 Å². The lowest BCUT2D eigenvalue weighted by Gasteiger charge is -2.06. The highest BCUT2D eigenvalue weighted by molar-refractivity contribution is 5.59. The molecule has 2 rings (SSSR count). The van der Waals surface area contributed by atoms with Gasteiger partial charge in [0.2, 0.25) is 0 Å². The number of aromatic nitrogens is 1. The van der Waals surface area contributed by atoms with Gasteiger partial charge in [-0.15, -0.1) is 0 Å². The van der Waals surface area contributed by atoms with E-state index in [0.29, 0.717) is 5.69 Å². The monoisotopic (exact) mass is 237 g/mol. The normalized spacial score (nSPS) is 9.78. The molecule has 0 saturated carbocycles. The molecule has 0 aliphatic rings. The van der Waals surface area contributed by atoms with E-state index in [4.69, 9.17) is 5.26 Å². The summed E-state index contributed by atoms with van der Waals surface area (Å²) in [4.78, 5) is 4.02. The third-order valence-corrected chi connectivity index (χ3v) is 2.66. The first-order chi connectivity index (χ1) is 8.81. The Morgan fingerprint density at radius 3 is 2.39 bits per heavy atom. The van der Waals surface area contributed by atoms with Crippen LogP contribution in [0, 0.1) is 11.3 Å². The maximum atomic E-state index is 8.67. The molecule has 90 valence electrons. The summed E-state index contributed by atoms with van der Waals surface area (Å²) >= 11 is 0. The van der Waals surface area contributed by atoms with Crippen molar-refractivity contribution in [3.63, 3.8) is 0 Å². The van der Waals surface area contributed by atoms with Crippen LogP contribution in [0.15, 0.2) is 42.6 Å². The Morgan fingerprint density at radius 1 is 1.11 bits per heavy atom. The van der Waals surface area contributed by atoms with E-state index in [2.05, 4.69) is 41.5 Å². The number of nitrogens with one attached hydrogen (secondary N) is 1. The predicted octanol–water partition coefficient (Wildman–Crippen LogP) is 3.65. The van der Waals surface area contributed by atoms with Gasteiger partial charge in [0.15, 0.2) is 0 Å². The van der Waals surface area contributed by atoms with Gasteiger partial charge in [0, 0.05) is 5.69 Å². The molecule has 1 N–H and O–H groups in total. The Balaban J connectivity index is 2.06. The Hall–Kier alpha value is -2.34. The Morgan fingerprint density at radius 2 is 1.83 bits per heavy atom. The molecule has 0 bridgehead atoms. The molecular weight excluding hydrogens is 222 g/mol. The fourth-order valence-corrected chi connectivity index (χ4v) is 1.74. The Kier molecular flexibility index (Phi) is 3.93. The molecule has 1 heterocycles. The van der Waals surface area contributed by atoms with Gasteiger partial charge in [0.25, 0.3) is 0 Å². The standard InChI is InChI=1S/C15H15N3/c1-2-3-12-4-6-13(7-5-12)18-15-9-8-14(10-16)17-11-15/h4-9,11,18H,2-3H2,1H3. The second kappa shape index (κ2) is 5.83. The van der Waals surface area contributed by atoms with Gasteiger partial charge in [-0.3, -0.25) is 0 Å². The third kappa shape index (κ3) is 3.08. The highest BCUT2D eigenvalue weighted by Gasteiger charge is 1.97. The maximum absolute atomic E-state index is 8.67. The molecule has 1 aromatic heterocycles. The van der Waals surface area contributed by atoms with Gasteiger partial charge in [-0.05, 0) is 36.2 Å². The van der Waals surface area contributed by atoms with Crippen LogP contribution in [0.25, 0.3) is 0 Å². The van der Waals surface area contributed by atoms with Crippen LogP contribution >= 0.6 is 0 Å². The number of aryl methyl sites for hydroxylation is 1. The second-order valence-corrected chi connectivity index (χ2v) is 4.12. The van der Waals surface area contributed by atoms with Crippen molar-refractivity contribution < 1.29 is 0 Å². The first-order valence-corrected chi connectivity index (χ1v) is 6.04. The summed E-state index contributed by atoms with van der Waals surface area (Å²) in [5.41, 5.74) is 3.69. The number of nitrogens with zero attached hydrogens (tertiary/aromatic N) is 2. The molecule has 0 amide bonds. The van der Waals surface area contributed by atoms with Gasteiger partial charge < -0.3 is 5.32 Å². The minimum Gasteiger partial charge on any atom is -0.354 e. The minimum atomic E-state index is 0.429. The van der Waals surface area contributed by atoms with Crippen molar-refractivity contribution in [3.8, 4) is 6.07 Å². The molecule has 1 aromatic carbocycles. The van der Waals surface area contributed by atoms with Crippen molar-refractivity contribution in [2.24, 2.45) is 0 Å². The largest absolute Gasteiger partial charge is 0.354 e. The lowest BCUT2D eigenvalue weighted by atomic mass is 10.1. The van der Waals surface area contributed by atoms with Crippen LogP contribution in [0.3, 0.4) is 0 Å². The van der Waals surface area contributed by atoms with E-state index in [-0.39, 0.29) is 0 Å². The molecule has 0 fully saturated rings. The summed E-state index contributed by atoms with van der Waals surface area (Å²) in [5, 5.41) is 11.9. The van der Waals surface area contributed by atoms with Gasteiger partial charge in [-0.2, -0.15) is 5.26 Å². The van der Waals surface area contributed by atoms with Crippen molar-refractivity contribution in [2.45, 2.75) is 19.8 Å². The van der Waals surface area contributed by atoms with E-state index >= 15 is 0 Å². The average Bonchev–Trinajstić information content (AvgIpc) is 2.42. The zero-order valence-electron chi connectivity index (χ0n) is 10.4. The summed E-state index contributed by atoms with van der Waals surface area (Å²) in [7, 11) is 0.